The summed E-state index contributed by atoms with van der Waals surface area (Å²) in [5.41, 5.74) is 1.85. The second-order valence-electron chi connectivity index (χ2n) is 8.06. The molecule has 3 rings (SSSR count). The van der Waals surface area contributed by atoms with Crippen LogP contribution in [0.1, 0.15) is 43.7 Å². The number of ether oxygens (including phenoxy) is 3. The van der Waals surface area contributed by atoms with Crippen LogP contribution >= 0.6 is 0 Å². The molecule has 7 nitrogen and oxygen atoms in total. The summed E-state index contributed by atoms with van der Waals surface area (Å²) >= 11 is 0. The first kappa shape index (κ1) is 23.2. The fourth-order valence-electron chi connectivity index (χ4n) is 2.98. The van der Waals surface area contributed by atoms with Gasteiger partial charge in [0.2, 0.25) is 5.89 Å². The smallest absolute Gasteiger partial charge is 0.255 e. The highest BCUT2D eigenvalue weighted by Crippen LogP contribution is 2.32. The van der Waals surface area contributed by atoms with E-state index in [0.717, 1.165) is 5.56 Å². The minimum Gasteiger partial charge on any atom is -0.493 e. The molecule has 0 unspecified atom stereocenters. The number of nitrogens with one attached hydrogen (secondary N) is 1. The fraction of sp³-hybridized carbons (Fsp3) is 0.360. The topological polar surface area (TPSA) is 82.8 Å². The summed E-state index contributed by atoms with van der Waals surface area (Å²) < 4.78 is 22.6. The number of carbonyl (C=O) groups excluding carboxylic acids is 1. The van der Waals surface area contributed by atoms with Crippen LogP contribution in [0.4, 0.5) is 0 Å². The number of para-hydroxylation sites is 1. The molecule has 32 heavy (non-hydrogen) atoms. The van der Waals surface area contributed by atoms with Gasteiger partial charge in [0.25, 0.3) is 5.91 Å². The van der Waals surface area contributed by atoms with Crippen molar-refractivity contribution < 1.29 is 23.4 Å². The summed E-state index contributed by atoms with van der Waals surface area (Å²) in [5.74, 6) is 2.42. The Labute approximate surface area is 188 Å². The highest BCUT2D eigenvalue weighted by atomic mass is 16.5. The normalized spacial score (nSPS) is 11.0. The number of nitrogens with zero attached hydrogens (tertiary/aromatic N) is 1. The van der Waals surface area contributed by atoms with Crippen LogP contribution in [0.2, 0.25) is 0 Å². The molecule has 0 aliphatic carbocycles. The van der Waals surface area contributed by atoms with Crippen LogP contribution in [0, 0.1) is 5.92 Å². The molecule has 170 valence electrons. The fourth-order valence-corrected chi connectivity index (χ4v) is 2.98. The predicted molar refractivity (Wildman–Crippen MR) is 122 cm³/mol. The number of amides is 1. The van der Waals surface area contributed by atoms with Crippen molar-refractivity contribution >= 4 is 5.91 Å². The zero-order valence-corrected chi connectivity index (χ0v) is 19.2. The molecule has 0 saturated carbocycles. The van der Waals surface area contributed by atoms with Gasteiger partial charge in [0.1, 0.15) is 12.0 Å². The number of carbonyl (C=O) groups is 1. The molecule has 0 spiro atoms. The van der Waals surface area contributed by atoms with Gasteiger partial charge in [-0.2, -0.15) is 0 Å². The Bertz CT molecular complexity index is 1040. The largest absolute Gasteiger partial charge is 0.493 e. The number of rotatable bonds is 10. The van der Waals surface area contributed by atoms with E-state index in [0.29, 0.717) is 46.9 Å². The molecule has 2 aromatic carbocycles. The van der Waals surface area contributed by atoms with Crippen LogP contribution in [0.5, 0.6) is 17.2 Å². The molecule has 0 bridgehead atoms. The van der Waals surface area contributed by atoms with Crippen molar-refractivity contribution in [2.75, 3.05) is 13.7 Å². The quantitative estimate of drug-likeness (QED) is 0.474. The van der Waals surface area contributed by atoms with Crippen molar-refractivity contribution in [2.24, 2.45) is 5.92 Å². The minimum absolute atomic E-state index is 0.0269. The molecule has 1 amide bonds. The Hall–Kier alpha value is -3.48. The van der Waals surface area contributed by atoms with Gasteiger partial charge in [-0.1, -0.05) is 26.0 Å². The van der Waals surface area contributed by atoms with E-state index in [9.17, 15) is 4.79 Å². The Morgan fingerprint density at radius 1 is 1.06 bits per heavy atom. The Morgan fingerprint density at radius 3 is 2.56 bits per heavy atom. The third kappa shape index (κ3) is 6.03. The zero-order valence-electron chi connectivity index (χ0n) is 19.2. The predicted octanol–water partition coefficient (Wildman–Crippen LogP) is 5.10. The number of hydrogen-bond acceptors (Lipinski definition) is 6. The van der Waals surface area contributed by atoms with Gasteiger partial charge >= 0.3 is 0 Å². The number of benzene rings is 2. The molecule has 0 aliphatic rings. The van der Waals surface area contributed by atoms with Gasteiger partial charge in [-0.25, -0.2) is 4.98 Å². The van der Waals surface area contributed by atoms with Gasteiger partial charge in [-0.05, 0) is 50.1 Å². The summed E-state index contributed by atoms with van der Waals surface area (Å²) in [5, 5.41) is 2.87. The lowest BCUT2D eigenvalue weighted by molar-refractivity contribution is 0.0944. The lowest BCUT2D eigenvalue weighted by Gasteiger charge is -2.13. The van der Waals surface area contributed by atoms with E-state index in [1.54, 1.807) is 25.3 Å². The minimum atomic E-state index is -0.236. The average Bonchev–Trinajstić information content (AvgIpc) is 3.25. The summed E-state index contributed by atoms with van der Waals surface area (Å²) in [6, 6.07) is 12.7. The standard InChI is InChI=1S/C25H30N2O5/c1-16(2)14-30-23-12-18(10-11-22(23)29-5)25-27-19(15-31-25)13-26-24(28)20-8-6-7-9-21(20)32-17(3)4/h6-12,15-17H,13-14H2,1-5H3,(H,26,28). The third-order valence-electron chi connectivity index (χ3n) is 4.46. The van der Waals surface area contributed by atoms with Gasteiger partial charge in [-0.3, -0.25) is 4.79 Å². The maximum Gasteiger partial charge on any atom is 0.255 e. The van der Waals surface area contributed by atoms with Gasteiger partial charge in [-0.15, -0.1) is 0 Å². The highest BCUT2D eigenvalue weighted by Gasteiger charge is 2.15. The van der Waals surface area contributed by atoms with Crippen LogP contribution in [0.3, 0.4) is 0 Å². The van der Waals surface area contributed by atoms with E-state index >= 15 is 0 Å². The third-order valence-corrected chi connectivity index (χ3v) is 4.46. The van der Waals surface area contributed by atoms with Crippen molar-refractivity contribution in [3.8, 4) is 28.7 Å². The van der Waals surface area contributed by atoms with Crippen molar-refractivity contribution in [3.05, 3.63) is 60.0 Å². The molecule has 0 saturated heterocycles. The van der Waals surface area contributed by atoms with E-state index in [1.165, 1.54) is 6.26 Å². The Balaban J connectivity index is 1.69. The molecule has 1 N–H and O–H groups in total. The van der Waals surface area contributed by atoms with Crippen LogP contribution in [0.15, 0.2) is 53.1 Å². The number of hydrogen-bond donors (Lipinski definition) is 1. The van der Waals surface area contributed by atoms with E-state index in [1.807, 2.05) is 38.1 Å². The van der Waals surface area contributed by atoms with Crippen molar-refractivity contribution in [2.45, 2.75) is 40.3 Å². The van der Waals surface area contributed by atoms with E-state index in [-0.39, 0.29) is 18.6 Å². The van der Waals surface area contributed by atoms with Gasteiger partial charge in [0, 0.05) is 5.56 Å². The molecule has 0 aliphatic heterocycles. The number of methoxy groups -OCH3 is 1. The SMILES string of the molecule is COc1ccc(-c2nc(CNC(=O)c3ccccc3OC(C)C)co2)cc1OCC(C)C. The molecule has 1 heterocycles. The van der Waals surface area contributed by atoms with Gasteiger partial charge in [0.15, 0.2) is 11.5 Å². The first-order valence-corrected chi connectivity index (χ1v) is 10.7. The Kier molecular flexibility index (Phi) is 7.76. The summed E-state index contributed by atoms with van der Waals surface area (Å²) in [6.45, 7) is 8.81. The molecule has 0 fully saturated rings. The van der Waals surface area contributed by atoms with Gasteiger partial charge in [0.05, 0.1) is 37.6 Å². The lowest BCUT2D eigenvalue weighted by atomic mass is 10.2. The first-order chi connectivity index (χ1) is 15.4. The zero-order chi connectivity index (χ0) is 23.1. The molecule has 0 atom stereocenters. The summed E-state index contributed by atoms with van der Waals surface area (Å²) in [4.78, 5) is 17.2. The van der Waals surface area contributed by atoms with E-state index in [2.05, 4.69) is 24.1 Å². The first-order valence-electron chi connectivity index (χ1n) is 10.7. The molecular weight excluding hydrogens is 408 g/mol. The molecule has 1 aromatic heterocycles. The van der Waals surface area contributed by atoms with Crippen molar-refractivity contribution in [1.29, 1.82) is 0 Å². The maximum absolute atomic E-state index is 12.7. The second-order valence-corrected chi connectivity index (χ2v) is 8.06. The monoisotopic (exact) mass is 438 g/mol. The molecular formula is C25H30N2O5. The number of oxazole rings is 1. The molecule has 7 heteroatoms. The van der Waals surface area contributed by atoms with E-state index in [4.69, 9.17) is 18.6 Å². The van der Waals surface area contributed by atoms with E-state index < -0.39 is 0 Å². The summed E-state index contributed by atoms with van der Waals surface area (Å²) in [6.07, 6.45) is 1.51. The summed E-state index contributed by atoms with van der Waals surface area (Å²) in [7, 11) is 1.60. The van der Waals surface area contributed by atoms with Crippen LogP contribution in [-0.4, -0.2) is 30.7 Å². The highest BCUT2D eigenvalue weighted by molar-refractivity contribution is 5.96. The van der Waals surface area contributed by atoms with Crippen molar-refractivity contribution in [3.63, 3.8) is 0 Å². The lowest BCUT2D eigenvalue weighted by Crippen LogP contribution is -2.24. The Morgan fingerprint density at radius 2 is 1.84 bits per heavy atom. The average molecular weight is 439 g/mol. The van der Waals surface area contributed by atoms with Crippen molar-refractivity contribution in [1.82, 2.24) is 10.3 Å². The van der Waals surface area contributed by atoms with Crippen LogP contribution in [0.25, 0.3) is 11.5 Å². The van der Waals surface area contributed by atoms with Gasteiger partial charge < -0.3 is 23.9 Å². The molecule has 3 aromatic rings. The number of aromatic nitrogens is 1. The van der Waals surface area contributed by atoms with Crippen LogP contribution < -0.4 is 19.5 Å². The molecule has 0 radical (unpaired) electrons. The van der Waals surface area contributed by atoms with Crippen LogP contribution in [-0.2, 0) is 6.54 Å². The maximum atomic E-state index is 12.7. The second kappa shape index (κ2) is 10.7.